The van der Waals surface area contributed by atoms with Gasteiger partial charge in [0.15, 0.2) is 0 Å². The SMILES string of the molecule is CC(=O)N1CCCc2cc(S(=O)(=O)N(C)Cc3cc(C)on3)ccc21. The molecule has 0 atom stereocenters. The fraction of sp³-hybridized carbons (Fsp3) is 0.412. The maximum Gasteiger partial charge on any atom is 0.243 e. The van der Waals surface area contributed by atoms with Crippen molar-refractivity contribution < 1.29 is 17.7 Å². The van der Waals surface area contributed by atoms with Gasteiger partial charge in [0.1, 0.15) is 5.76 Å². The van der Waals surface area contributed by atoms with Crippen molar-refractivity contribution in [3.63, 3.8) is 0 Å². The molecule has 1 aromatic carbocycles. The van der Waals surface area contributed by atoms with Crippen LogP contribution in [0.2, 0.25) is 0 Å². The molecule has 2 aromatic rings. The predicted octanol–water partition coefficient (Wildman–Crippen LogP) is 2.10. The molecule has 1 aromatic heterocycles. The highest BCUT2D eigenvalue weighted by Gasteiger charge is 2.26. The molecular formula is C17H21N3O4S. The predicted molar refractivity (Wildman–Crippen MR) is 92.7 cm³/mol. The number of carbonyl (C=O) groups is 1. The number of anilines is 1. The van der Waals surface area contributed by atoms with E-state index < -0.39 is 10.0 Å². The Balaban J connectivity index is 1.88. The van der Waals surface area contributed by atoms with Gasteiger partial charge in [-0.05, 0) is 43.5 Å². The van der Waals surface area contributed by atoms with Crippen LogP contribution in [0, 0.1) is 6.92 Å². The number of rotatable bonds is 4. The zero-order chi connectivity index (χ0) is 18.2. The van der Waals surface area contributed by atoms with Crippen molar-refractivity contribution in [1.29, 1.82) is 0 Å². The lowest BCUT2D eigenvalue weighted by molar-refractivity contribution is -0.116. The van der Waals surface area contributed by atoms with Crippen molar-refractivity contribution in [2.45, 2.75) is 38.1 Å². The lowest BCUT2D eigenvalue weighted by Gasteiger charge is -2.29. The summed E-state index contributed by atoms with van der Waals surface area (Å²) in [7, 11) is -2.14. The van der Waals surface area contributed by atoms with Gasteiger partial charge in [0.2, 0.25) is 15.9 Å². The Morgan fingerprint density at radius 1 is 1.36 bits per heavy atom. The second-order valence-corrected chi connectivity index (χ2v) is 8.30. The van der Waals surface area contributed by atoms with Gasteiger partial charge in [-0.2, -0.15) is 4.31 Å². The number of fused-ring (bicyclic) bond motifs is 1. The molecule has 0 unspecified atom stereocenters. The Hall–Kier alpha value is -2.19. The van der Waals surface area contributed by atoms with Crippen LogP contribution in [0.15, 0.2) is 33.7 Å². The Morgan fingerprint density at radius 2 is 2.12 bits per heavy atom. The Kier molecular flexibility index (Phi) is 4.66. The van der Waals surface area contributed by atoms with E-state index in [2.05, 4.69) is 5.16 Å². The summed E-state index contributed by atoms with van der Waals surface area (Å²) in [4.78, 5) is 13.7. The Labute approximate surface area is 147 Å². The number of hydrogen-bond acceptors (Lipinski definition) is 5. The normalized spacial score (nSPS) is 14.6. The molecule has 0 radical (unpaired) electrons. The highest BCUT2D eigenvalue weighted by molar-refractivity contribution is 7.89. The topological polar surface area (TPSA) is 83.7 Å². The van der Waals surface area contributed by atoms with Gasteiger partial charge >= 0.3 is 0 Å². The number of hydrogen-bond donors (Lipinski definition) is 0. The lowest BCUT2D eigenvalue weighted by atomic mass is 10.0. The summed E-state index contributed by atoms with van der Waals surface area (Å²) in [5.74, 6) is 0.606. The van der Waals surface area contributed by atoms with Gasteiger partial charge in [-0.25, -0.2) is 8.42 Å². The van der Waals surface area contributed by atoms with E-state index in [9.17, 15) is 13.2 Å². The first-order chi connectivity index (χ1) is 11.8. The van der Waals surface area contributed by atoms with Crippen molar-refractivity contribution in [2.75, 3.05) is 18.5 Å². The van der Waals surface area contributed by atoms with E-state index in [-0.39, 0.29) is 17.3 Å². The van der Waals surface area contributed by atoms with E-state index in [1.54, 1.807) is 36.1 Å². The van der Waals surface area contributed by atoms with Crippen LogP contribution >= 0.6 is 0 Å². The molecular weight excluding hydrogens is 342 g/mol. The van der Waals surface area contributed by atoms with E-state index in [0.29, 0.717) is 18.0 Å². The van der Waals surface area contributed by atoms with Crippen LogP contribution in [0.4, 0.5) is 5.69 Å². The molecule has 0 N–H and O–H groups in total. The molecule has 0 saturated heterocycles. The van der Waals surface area contributed by atoms with Gasteiger partial charge in [0, 0.05) is 32.3 Å². The second-order valence-electron chi connectivity index (χ2n) is 6.25. The second kappa shape index (κ2) is 6.61. The fourth-order valence-corrected chi connectivity index (χ4v) is 4.24. The number of amides is 1. The highest BCUT2D eigenvalue weighted by atomic mass is 32.2. The summed E-state index contributed by atoms with van der Waals surface area (Å²) in [5, 5.41) is 3.84. The maximum atomic E-state index is 12.8. The molecule has 0 aliphatic carbocycles. The van der Waals surface area contributed by atoms with E-state index in [1.165, 1.54) is 18.3 Å². The molecule has 3 rings (SSSR count). The number of aryl methyl sites for hydroxylation is 2. The smallest absolute Gasteiger partial charge is 0.243 e. The van der Waals surface area contributed by atoms with Crippen LogP contribution < -0.4 is 4.90 Å². The molecule has 7 nitrogen and oxygen atoms in total. The van der Waals surface area contributed by atoms with Crippen molar-refractivity contribution in [1.82, 2.24) is 9.46 Å². The van der Waals surface area contributed by atoms with Gasteiger partial charge in [-0.15, -0.1) is 0 Å². The van der Waals surface area contributed by atoms with E-state index in [0.717, 1.165) is 24.1 Å². The molecule has 0 bridgehead atoms. The molecule has 134 valence electrons. The Morgan fingerprint density at radius 3 is 2.76 bits per heavy atom. The molecule has 0 spiro atoms. The van der Waals surface area contributed by atoms with Crippen LogP contribution in [-0.2, 0) is 27.8 Å². The number of sulfonamides is 1. The number of carbonyl (C=O) groups excluding carboxylic acids is 1. The summed E-state index contributed by atoms with van der Waals surface area (Å²) in [6.45, 7) is 4.08. The summed E-state index contributed by atoms with van der Waals surface area (Å²) in [6, 6.07) is 6.66. The van der Waals surface area contributed by atoms with E-state index >= 15 is 0 Å². The molecule has 0 fully saturated rings. The molecule has 1 aliphatic heterocycles. The third-order valence-corrected chi connectivity index (χ3v) is 6.12. The quantitative estimate of drug-likeness (QED) is 0.831. The molecule has 8 heteroatoms. The summed E-state index contributed by atoms with van der Waals surface area (Å²) >= 11 is 0. The molecule has 1 amide bonds. The summed E-state index contributed by atoms with van der Waals surface area (Å²) in [5.41, 5.74) is 2.24. The average molecular weight is 363 g/mol. The van der Waals surface area contributed by atoms with Crippen molar-refractivity contribution in [2.24, 2.45) is 0 Å². The fourth-order valence-electron chi connectivity index (χ4n) is 3.05. The van der Waals surface area contributed by atoms with Gasteiger partial charge in [-0.3, -0.25) is 4.79 Å². The lowest BCUT2D eigenvalue weighted by Crippen LogP contribution is -2.34. The average Bonchev–Trinajstić information content (AvgIpc) is 2.98. The first-order valence-corrected chi connectivity index (χ1v) is 9.52. The van der Waals surface area contributed by atoms with E-state index in [4.69, 9.17) is 4.52 Å². The first kappa shape index (κ1) is 17.6. The third kappa shape index (κ3) is 3.45. The molecule has 0 saturated carbocycles. The number of nitrogens with zero attached hydrogens (tertiary/aromatic N) is 3. The maximum absolute atomic E-state index is 12.8. The van der Waals surface area contributed by atoms with Crippen molar-refractivity contribution in [3.8, 4) is 0 Å². The minimum Gasteiger partial charge on any atom is -0.361 e. The standard InChI is InChI=1S/C17H21N3O4S/c1-12-9-15(18-24-12)11-19(3)25(22,23)16-6-7-17-14(10-16)5-4-8-20(17)13(2)21/h6-7,9-10H,4-5,8,11H2,1-3H3. The van der Waals surface area contributed by atoms with Gasteiger partial charge < -0.3 is 9.42 Å². The largest absolute Gasteiger partial charge is 0.361 e. The Bertz CT molecular complexity index is 904. The monoisotopic (exact) mass is 363 g/mol. The van der Waals surface area contributed by atoms with Crippen LogP contribution in [-0.4, -0.2) is 37.4 Å². The zero-order valence-electron chi connectivity index (χ0n) is 14.5. The molecule has 1 aliphatic rings. The minimum atomic E-state index is -3.65. The van der Waals surface area contributed by atoms with Gasteiger partial charge in [0.05, 0.1) is 17.1 Å². The summed E-state index contributed by atoms with van der Waals surface area (Å²) in [6.07, 6.45) is 1.58. The van der Waals surface area contributed by atoms with Crippen molar-refractivity contribution >= 4 is 21.6 Å². The van der Waals surface area contributed by atoms with E-state index in [1.807, 2.05) is 0 Å². The number of aromatic nitrogens is 1. The van der Waals surface area contributed by atoms with Crippen LogP contribution in [0.1, 0.15) is 30.4 Å². The van der Waals surface area contributed by atoms with Crippen LogP contribution in [0.3, 0.4) is 0 Å². The first-order valence-electron chi connectivity index (χ1n) is 8.08. The van der Waals surface area contributed by atoms with Crippen LogP contribution in [0.5, 0.6) is 0 Å². The van der Waals surface area contributed by atoms with Crippen molar-refractivity contribution in [3.05, 3.63) is 41.3 Å². The highest BCUT2D eigenvalue weighted by Crippen LogP contribution is 2.30. The molecule has 2 heterocycles. The van der Waals surface area contributed by atoms with Crippen LogP contribution in [0.25, 0.3) is 0 Å². The zero-order valence-corrected chi connectivity index (χ0v) is 15.3. The summed E-state index contributed by atoms with van der Waals surface area (Å²) < 4.78 is 31.9. The van der Waals surface area contributed by atoms with Gasteiger partial charge in [0.25, 0.3) is 0 Å². The third-order valence-electron chi connectivity index (χ3n) is 4.32. The minimum absolute atomic E-state index is 0.0323. The number of benzene rings is 1. The van der Waals surface area contributed by atoms with Gasteiger partial charge in [-0.1, -0.05) is 5.16 Å². The molecule has 25 heavy (non-hydrogen) atoms.